The van der Waals surface area contributed by atoms with E-state index in [0.717, 1.165) is 49.3 Å². The Kier molecular flexibility index (Phi) is 10.2. The summed E-state index contributed by atoms with van der Waals surface area (Å²) in [7, 11) is 0. The zero-order chi connectivity index (χ0) is 20.9. The molecule has 1 aromatic carbocycles. The lowest BCUT2D eigenvalue weighted by Crippen LogP contribution is -2.51. The van der Waals surface area contributed by atoms with Gasteiger partial charge in [-0.2, -0.15) is 16.9 Å². The van der Waals surface area contributed by atoms with Gasteiger partial charge in [-0.1, -0.05) is 30.3 Å². The molecule has 0 radical (unpaired) electrons. The van der Waals surface area contributed by atoms with Crippen LogP contribution in [-0.2, 0) is 11.2 Å². The molecule has 0 saturated carbocycles. The fraction of sp³-hybridized carbons (Fsp3) is 0.550. The Balaban J connectivity index is 1.83. The summed E-state index contributed by atoms with van der Waals surface area (Å²) in [5.74, 6) is 6.81. The molecule has 1 saturated heterocycles. The molecule has 1 heterocycles. The number of likely N-dealkylation sites (tertiary alicyclic amines) is 1. The molecule has 1 aromatic rings. The fourth-order valence-electron chi connectivity index (χ4n) is 3.47. The average Bonchev–Trinajstić information content (AvgIpc) is 3.18. The molecule has 160 valence electrons. The van der Waals surface area contributed by atoms with Crippen LogP contribution < -0.4 is 16.5 Å². The summed E-state index contributed by atoms with van der Waals surface area (Å²) in [6.45, 7) is 1.54. The highest BCUT2D eigenvalue weighted by Crippen LogP contribution is 2.23. The van der Waals surface area contributed by atoms with Crippen molar-refractivity contribution in [2.45, 2.75) is 44.2 Å². The maximum Gasteiger partial charge on any atom is 0.405 e. The van der Waals surface area contributed by atoms with Gasteiger partial charge in [-0.3, -0.25) is 4.79 Å². The van der Waals surface area contributed by atoms with Crippen LogP contribution in [0, 0.1) is 0 Å². The number of hydrazone groups is 1. The minimum Gasteiger partial charge on any atom is -0.465 e. The molecule has 9 heteroatoms. The first-order valence-electron chi connectivity index (χ1n) is 9.98. The van der Waals surface area contributed by atoms with Gasteiger partial charge >= 0.3 is 6.09 Å². The average molecular weight is 422 g/mol. The van der Waals surface area contributed by atoms with Gasteiger partial charge < -0.3 is 26.5 Å². The Labute approximate surface area is 176 Å². The van der Waals surface area contributed by atoms with Gasteiger partial charge in [-0.05, 0) is 37.0 Å². The third-order valence-corrected chi connectivity index (χ3v) is 6.07. The van der Waals surface area contributed by atoms with Crippen LogP contribution in [0.2, 0.25) is 0 Å². The Bertz CT molecular complexity index is 659. The summed E-state index contributed by atoms with van der Waals surface area (Å²) in [4.78, 5) is 26.2. The number of amides is 2. The lowest BCUT2D eigenvalue weighted by atomic mass is 10.0. The normalized spacial score (nSPS) is 17.4. The molecule has 0 spiro atoms. The van der Waals surface area contributed by atoms with E-state index in [9.17, 15) is 14.7 Å². The maximum absolute atomic E-state index is 13.1. The minimum atomic E-state index is -1.17. The molecular formula is C20H31N5O3S. The van der Waals surface area contributed by atoms with Gasteiger partial charge in [-0.25, -0.2) is 4.79 Å². The Morgan fingerprint density at radius 2 is 2.14 bits per heavy atom. The van der Waals surface area contributed by atoms with Crippen molar-refractivity contribution in [3.8, 4) is 0 Å². The van der Waals surface area contributed by atoms with Crippen LogP contribution in [-0.4, -0.2) is 65.0 Å². The van der Waals surface area contributed by atoms with Crippen LogP contribution in [0.1, 0.15) is 31.2 Å². The quantitative estimate of drug-likeness (QED) is 0.134. The van der Waals surface area contributed by atoms with E-state index in [1.807, 2.05) is 47.0 Å². The molecule has 8 nitrogen and oxygen atoms in total. The molecule has 1 aliphatic rings. The molecule has 0 aromatic heterocycles. The summed E-state index contributed by atoms with van der Waals surface area (Å²) in [5.41, 5.74) is 0.943. The van der Waals surface area contributed by atoms with Gasteiger partial charge in [0, 0.05) is 31.3 Å². The monoisotopic (exact) mass is 421 g/mol. The van der Waals surface area contributed by atoms with Crippen LogP contribution in [0.15, 0.2) is 35.4 Å². The number of nitrogens with two attached hydrogens (primary N) is 1. The second kappa shape index (κ2) is 12.9. The molecule has 1 fully saturated rings. The van der Waals surface area contributed by atoms with E-state index in [4.69, 9.17) is 5.84 Å². The topological polar surface area (TPSA) is 120 Å². The first-order valence-corrected chi connectivity index (χ1v) is 11.1. The predicted octanol–water partition coefficient (Wildman–Crippen LogP) is 1.86. The highest BCUT2D eigenvalue weighted by atomic mass is 32.2. The molecule has 2 atom stereocenters. The van der Waals surface area contributed by atoms with E-state index in [2.05, 4.69) is 15.7 Å². The number of thioether (sulfide) groups is 1. The van der Waals surface area contributed by atoms with Gasteiger partial charge in [0.15, 0.2) is 0 Å². The third-order valence-electron chi connectivity index (χ3n) is 4.87. The molecule has 2 amide bonds. The number of unbranched alkanes of at least 4 members (excludes halogenated alkanes) is 1. The number of carboxylic acid groups (broad SMARTS) is 1. The van der Waals surface area contributed by atoms with E-state index in [0.29, 0.717) is 13.0 Å². The molecule has 2 unspecified atom stereocenters. The van der Waals surface area contributed by atoms with Crippen LogP contribution in [0.5, 0.6) is 0 Å². The number of carbonyl (C=O) groups is 2. The number of carbonyl (C=O) groups excluding carboxylic acids is 1. The van der Waals surface area contributed by atoms with Crippen molar-refractivity contribution in [2.75, 3.05) is 24.6 Å². The standard InChI is InChI=1S/C20H31N5O3S/c21-23-15-22-10-4-5-12-29-14-17-9-6-11-25(17)19(26)18(24-20(27)28)13-16-7-2-1-3-8-16/h1-3,7-8,15,17-18,24H,4-6,9-14,21H2,(H,22,23)(H,27,28). The van der Waals surface area contributed by atoms with Crippen LogP contribution in [0.25, 0.3) is 0 Å². The summed E-state index contributed by atoms with van der Waals surface area (Å²) in [5, 5.41) is 18.0. The highest BCUT2D eigenvalue weighted by Gasteiger charge is 2.33. The second-order valence-electron chi connectivity index (χ2n) is 7.03. The Morgan fingerprint density at radius 1 is 1.34 bits per heavy atom. The zero-order valence-corrected chi connectivity index (χ0v) is 17.4. The minimum absolute atomic E-state index is 0.121. The van der Waals surface area contributed by atoms with E-state index >= 15 is 0 Å². The van der Waals surface area contributed by atoms with Gasteiger partial charge in [0.1, 0.15) is 12.4 Å². The molecule has 5 N–H and O–H groups in total. The largest absolute Gasteiger partial charge is 0.465 e. The lowest BCUT2D eigenvalue weighted by Gasteiger charge is -2.29. The first kappa shape index (κ1) is 22.9. The summed E-state index contributed by atoms with van der Waals surface area (Å²) >= 11 is 1.85. The van der Waals surface area contributed by atoms with Gasteiger partial charge in [-0.15, -0.1) is 0 Å². The predicted molar refractivity (Wildman–Crippen MR) is 117 cm³/mol. The molecule has 0 bridgehead atoms. The van der Waals surface area contributed by atoms with Crippen molar-refractivity contribution in [3.63, 3.8) is 0 Å². The lowest BCUT2D eigenvalue weighted by molar-refractivity contribution is -0.133. The number of hydrogen-bond donors (Lipinski definition) is 4. The Morgan fingerprint density at radius 3 is 2.86 bits per heavy atom. The Hall–Kier alpha value is -2.42. The van der Waals surface area contributed by atoms with Gasteiger partial charge in [0.2, 0.25) is 5.91 Å². The van der Waals surface area contributed by atoms with E-state index in [1.165, 1.54) is 6.34 Å². The number of rotatable bonds is 12. The van der Waals surface area contributed by atoms with Crippen molar-refractivity contribution >= 4 is 30.1 Å². The fourth-order valence-corrected chi connectivity index (χ4v) is 4.66. The summed E-state index contributed by atoms with van der Waals surface area (Å²) in [6.07, 6.45) is 4.73. The van der Waals surface area contributed by atoms with Crippen LogP contribution in [0.4, 0.5) is 4.79 Å². The van der Waals surface area contributed by atoms with Crippen molar-refractivity contribution in [1.29, 1.82) is 0 Å². The van der Waals surface area contributed by atoms with Crippen molar-refractivity contribution in [1.82, 2.24) is 15.5 Å². The first-order chi connectivity index (χ1) is 14.1. The summed E-state index contributed by atoms with van der Waals surface area (Å²) in [6, 6.07) is 8.93. The smallest absolute Gasteiger partial charge is 0.405 e. The SMILES string of the molecule is NN=CNCCCCSCC1CCCN1C(=O)C(Cc1ccccc1)NC(=O)O. The van der Waals surface area contributed by atoms with Crippen molar-refractivity contribution in [3.05, 3.63) is 35.9 Å². The summed E-state index contributed by atoms with van der Waals surface area (Å²) < 4.78 is 0. The van der Waals surface area contributed by atoms with E-state index in [-0.39, 0.29) is 11.9 Å². The highest BCUT2D eigenvalue weighted by molar-refractivity contribution is 7.99. The van der Waals surface area contributed by atoms with E-state index in [1.54, 1.807) is 0 Å². The number of nitrogens with zero attached hydrogens (tertiary/aromatic N) is 2. The molecule has 2 rings (SSSR count). The van der Waals surface area contributed by atoms with E-state index < -0.39 is 12.1 Å². The molecular weight excluding hydrogens is 390 g/mol. The van der Waals surface area contributed by atoms with Crippen LogP contribution in [0.3, 0.4) is 0 Å². The molecule has 0 aliphatic carbocycles. The third kappa shape index (κ3) is 8.23. The van der Waals surface area contributed by atoms with Crippen molar-refractivity contribution in [2.24, 2.45) is 10.9 Å². The van der Waals surface area contributed by atoms with Crippen molar-refractivity contribution < 1.29 is 14.7 Å². The van der Waals surface area contributed by atoms with Gasteiger partial charge in [0.05, 0.1) is 0 Å². The molecule has 29 heavy (non-hydrogen) atoms. The molecule has 1 aliphatic heterocycles. The zero-order valence-electron chi connectivity index (χ0n) is 16.6. The number of hydrogen-bond acceptors (Lipinski definition) is 5. The number of benzene rings is 1. The van der Waals surface area contributed by atoms with Gasteiger partial charge in [0.25, 0.3) is 0 Å². The van der Waals surface area contributed by atoms with Crippen LogP contribution >= 0.6 is 11.8 Å². The maximum atomic E-state index is 13.1. The second-order valence-corrected chi connectivity index (χ2v) is 8.18. The number of nitrogens with one attached hydrogen (secondary N) is 2.